The van der Waals surface area contributed by atoms with E-state index in [9.17, 15) is 14.4 Å². The fourth-order valence-corrected chi connectivity index (χ4v) is 1.06. The van der Waals surface area contributed by atoms with Crippen molar-refractivity contribution in [2.24, 2.45) is 0 Å². The van der Waals surface area contributed by atoms with Crippen molar-refractivity contribution in [2.75, 3.05) is 12.4 Å². The summed E-state index contributed by atoms with van der Waals surface area (Å²) < 4.78 is 4.53. The third kappa shape index (κ3) is 2.91. The van der Waals surface area contributed by atoms with Gasteiger partial charge in [-0.2, -0.15) is 0 Å². The van der Waals surface area contributed by atoms with Gasteiger partial charge >= 0.3 is 5.97 Å². The molecule has 1 N–H and O–H groups in total. The highest BCUT2D eigenvalue weighted by Crippen LogP contribution is 2.11. The van der Waals surface area contributed by atoms with Gasteiger partial charge < -0.3 is 10.1 Å². The van der Waals surface area contributed by atoms with E-state index >= 15 is 0 Å². The quantitative estimate of drug-likeness (QED) is 0.610. The fraction of sp³-hybridized carbons (Fsp3) is 0.182. The lowest BCUT2D eigenvalue weighted by atomic mass is 10.2. The highest BCUT2D eigenvalue weighted by atomic mass is 16.5. The van der Waals surface area contributed by atoms with Gasteiger partial charge in [-0.3, -0.25) is 9.59 Å². The van der Waals surface area contributed by atoms with Crippen LogP contribution in [-0.4, -0.2) is 24.8 Å². The maximum absolute atomic E-state index is 11.2. The first-order valence-corrected chi connectivity index (χ1v) is 4.55. The van der Waals surface area contributed by atoms with Crippen LogP contribution in [0.15, 0.2) is 24.3 Å². The Balaban J connectivity index is 2.87. The monoisotopic (exact) mass is 221 g/mol. The van der Waals surface area contributed by atoms with E-state index < -0.39 is 17.7 Å². The Hall–Kier alpha value is -2.17. The predicted octanol–water partition coefficient (Wildman–Crippen LogP) is 1.00. The summed E-state index contributed by atoms with van der Waals surface area (Å²) >= 11 is 0. The molecule has 1 amide bonds. The first kappa shape index (κ1) is 11.9. The molecule has 0 aliphatic heterocycles. The van der Waals surface area contributed by atoms with Crippen molar-refractivity contribution in [3.05, 3.63) is 29.8 Å². The van der Waals surface area contributed by atoms with Gasteiger partial charge in [0.25, 0.3) is 5.91 Å². The Morgan fingerprint density at radius 2 is 1.94 bits per heavy atom. The van der Waals surface area contributed by atoms with Crippen LogP contribution in [-0.2, 0) is 14.3 Å². The molecule has 0 heterocycles. The lowest BCUT2D eigenvalue weighted by Gasteiger charge is -2.04. The number of esters is 1. The van der Waals surface area contributed by atoms with Crippen LogP contribution in [0.25, 0.3) is 0 Å². The minimum atomic E-state index is -0.720. The summed E-state index contributed by atoms with van der Waals surface area (Å²) in [6, 6.07) is 6.15. The van der Waals surface area contributed by atoms with Crippen molar-refractivity contribution < 1.29 is 19.1 Å². The minimum Gasteiger partial charge on any atom is -0.465 e. The van der Waals surface area contributed by atoms with Gasteiger partial charge in [-0.15, -0.1) is 0 Å². The van der Waals surface area contributed by atoms with Crippen molar-refractivity contribution >= 4 is 23.3 Å². The number of ether oxygens (including phenoxy) is 1. The average molecular weight is 221 g/mol. The Morgan fingerprint density at radius 1 is 1.25 bits per heavy atom. The number of hydrogen-bond acceptors (Lipinski definition) is 4. The molecule has 0 aliphatic carbocycles. The van der Waals surface area contributed by atoms with Crippen LogP contribution in [0.5, 0.6) is 0 Å². The van der Waals surface area contributed by atoms with E-state index in [2.05, 4.69) is 10.1 Å². The second-order valence-electron chi connectivity index (χ2n) is 3.08. The van der Waals surface area contributed by atoms with E-state index in [0.29, 0.717) is 11.3 Å². The highest BCUT2D eigenvalue weighted by molar-refractivity contribution is 6.39. The molecule has 0 spiro atoms. The van der Waals surface area contributed by atoms with E-state index in [1.54, 1.807) is 18.2 Å². The van der Waals surface area contributed by atoms with Crippen molar-refractivity contribution in [3.8, 4) is 0 Å². The number of hydrogen-bond donors (Lipinski definition) is 1. The molecule has 0 saturated carbocycles. The molecule has 0 aromatic heterocycles. The summed E-state index contributed by atoms with van der Waals surface area (Å²) in [5.41, 5.74) is 0.687. The van der Waals surface area contributed by atoms with Crippen LogP contribution < -0.4 is 5.32 Å². The van der Waals surface area contributed by atoms with Gasteiger partial charge in [0.05, 0.1) is 12.7 Å². The highest BCUT2D eigenvalue weighted by Gasteiger charge is 2.10. The van der Waals surface area contributed by atoms with Crippen LogP contribution in [0.1, 0.15) is 17.3 Å². The minimum absolute atomic E-state index is 0.309. The fourth-order valence-electron chi connectivity index (χ4n) is 1.06. The number of methoxy groups -OCH3 is 1. The number of rotatable bonds is 3. The molecule has 0 radical (unpaired) electrons. The van der Waals surface area contributed by atoms with Crippen LogP contribution in [0.4, 0.5) is 5.69 Å². The van der Waals surface area contributed by atoms with E-state index in [4.69, 9.17) is 0 Å². The molecule has 0 bridgehead atoms. The lowest BCUT2D eigenvalue weighted by molar-refractivity contribution is -0.133. The first-order chi connectivity index (χ1) is 7.54. The summed E-state index contributed by atoms with van der Waals surface area (Å²) in [4.78, 5) is 33.0. The number of ketones is 1. The number of Topliss-reactive ketones (excluding diaryl/α,β-unsaturated/α-hetero) is 1. The van der Waals surface area contributed by atoms with Gasteiger partial charge in [-0.1, -0.05) is 6.07 Å². The zero-order chi connectivity index (χ0) is 12.1. The lowest BCUT2D eigenvalue weighted by Crippen LogP contribution is -2.19. The Morgan fingerprint density at radius 3 is 2.50 bits per heavy atom. The van der Waals surface area contributed by atoms with Crippen molar-refractivity contribution in [2.45, 2.75) is 6.92 Å². The molecule has 0 saturated heterocycles. The molecule has 1 rings (SSSR count). The standard InChI is InChI=1S/C11H11NO4/c1-7(13)10(14)12-9-5-3-4-8(6-9)11(15)16-2/h3-6H,1-2H3,(H,12,14). The van der Waals surface area contributed by atoms with E-state index in [1.807, 2.05) is 0 Å². The van der Waals surface area contributed by atoms with Crippen molar-refractivity contribution in [3.63, 3.8) is 0 Å². The zero-order valence-electron chi connectivity index (χ0n) is 8.94. The summed E-state index contributed by atoms with van der Waals surface area (Å²) in [5, 5.41) is 2.36. The summed E-state index contributed by atoms with van der Waals surface area (Å²) in [7, 11) is 1.27. The third-order valence-electron chi connectivity index (χ3n) is 1.86. The predicted molar refractivity (Wildman–Crippen MR) is 57.1 cm³/mol. The SMILES string of the molecule is COC(=O)c1cccc(NC(=O)C(C)=O)c1. The molecule has 1 aromatic carbocycles. The van der Waals surface area contributed by atoms with Crippen LogP contribution in [0.3, 0.4) is 0 Å². The van der Waals surface area contributed by atoms with Gasteiger partial charge in [0.1, 0.15) is 0 Å². The number of carbonyl (C=O) groups excluding carboxylic acids is 3. The maximum Gasteiger partial charge on any atom is 0.337 e. The van der Waals surface area contributed by atoms with Gasteiger partial charge in [0.15, 0.2) is 0 Å². The number of benzene rings is 1. The molecule has 0 unspecified atom stereocenters. The van der Waals surface area contributed by atoms with Crippen molar-refractivity contribution in [1.82, 2.24) is 0 Å². The molecule has 84 valence electrons. The Bertz CT molecular complexity index is 439. The van der Waals surface area contributed by atoms with E-state index in [1.165, 1.54) is 20.1 Å². The van der Waals surface area contributed by atoms with Gasteiger partial charge in [0, 0.05) is 12.6 Å². The smallest absolute Gasteiger partial charge is 0.337 e. The molecule has 0 atom stereocenters. The second-order valence-corrected chi connectivity index (χ2v) is 3.08. The van der Waals surface area contributed by atoms with Crippen LogP contribution in [0.2, 0.25) is 0 Å². The van der Waals surface area contributed by atoms with Gasteiger partial charge in [-0.05, 0) is 18.2 Å². The number of amides is 1. The topological polar surface area (TPSA) is 72.5 Å². The summed E-state index contributed by atoms with van der Waals surface area (Å²) in [5.74, 6) is -1.82. The van der Waals surface area contributed by atoms with E-state index in [-0.39, 0.29) is 0 Å². The molecule has 0 fully saturated rings. The summed E-state index contributed by atoms with van der Waals surface area (Å²) in [6.07, 6.45) is 0. The molecule has 16 heavy (non-hydrogen) atoms. The normalized spacial score (nSPS) is 9.38. The van der Waals surface area contributed by atoms with Gasteiger partial charge in [0.2, 0.25) is 5.78 Å². The largest absolute Gasteiger partial charge is 0.465 e. The Kier molecular flexibility index (Phi) is 3.77. The van der Waals surface area contributed by atoms with E-state index in [0.717, 1.165) is 0 Å². The van der Waals surface area contributed by atoms with Crippen LogP contribution in [0, 0.1) is 0 Å². The molecule has 1 aromatic rings. The molecular weight excluding hydrogens is 210 g/mol. The Labute approximate surface area is 92.4 Å². The molecular formula is C11H11NO4. The van der Waals surface area contributed by atoms with Crippen molar-refractivity contribution in [1.29, 1.82) is 0 Å². The number of carbonyl (C=O) groups is 3. The number of anilines is 1. The molecule has 5 nitrogen and oxygen atoms in total. The molecule has 0 aliphatic rings. The summed E-state index contributed by atoms with van der Waals surface area (Å²) in [6.45, 7) is 1.17. The van der Waals surface area contributed by atoms with Crippen LogP contribution >= 0.6 is 0 Å². The number of nitrogens with one attached hydrogen (secondary N) is 1. The maximum atomic E-state index is 11.2. The first-order valence-electron chi connectivity index (χ1n) is 4.55. The average Bonchev–Trinajstić information content (AvgIpc) is 2.28. The molecule has 5 heteroatoms. The van der Waals surface area contributed by atoms with Gasteiger partial charge in [-0.25, -0.2) is 4.79 Å². The zero-order valence-corrected chi connectivity index (χ0v) is 8.94. The third-order valence-corrected chi connectivity index (χ3v) is 1.86. The second kappa shape index (κ2) is 5.06.